The van der Waals surface area contributed by atoms with E-state index in [4.69, 9.17) is 5.11 Å². The van der Waals surface area contributed by atoms with Gasteiger partial charge in [-0.2, -0.15) is 0 Å². The lowest BCUT2D eigenvalue weighted by atomic mass is 10.2. The van der Waals surface area contributed by atoms with Crippen molar-refractivity contribution in [1.82, 2.24) is 4.98 Å². The van der Waals surface area contributed by atoms with Crippen LogP contribution in [0.5, 0.6) is 0 Å². The number of rotatable bonds is 3. The number of pyridine rings is 1. The van der Waals surface area contributed by atoms with Crippen molar-refractivity contribution in [2.75, 3.05) is 19.0 Å². The van der Waals surface area contributed by atoms with Gasteiger partial charge >= 0.3 is 11.7 Å². The summed E-state index contributed by atoms with van der Waals surface area (Å²) in [4.78, 5) is 25.7. The fraction of sp³-hybridized carbons (Fsp3) is 0.250. The maximum Gasteiger partial charge on any atom is 0.337 e. The number of anilines is 1. The Morgan fingerprint density at radius 2 is 2.20 bits per heavy atom. The molecule has 0 amide bonds. The van der Waals surface area contributed by atoms with Crippen LogP contribution in [0.2, 0.25) is 0 Å². The minimum absolute atomic E-state index is 0.130. The molecule has 1 N–H and O–H groups in total. The Balaban J connectivity index is 3.33. The van der Waals surface area contributed by atoms with Gasteiger partial charge in [0.1, 0.15) is 0 Å². The molecule has 1 rings (SSSR count). The lowest BCUT2D eigenvalue weighted by Gasteiger charge is -2.10. The molecule has 0 aliphatic rings. The molecule has 80 valence electrons. The van der Waals surface area contributed by atoms with Crippen molar-refractivity contribution in [3.05, 3.63) is 27.9 Å². The fourth-order valence-corrected chi connectivity index (χ4v) is 1.04. The quantitative estimate of drug-likeness (QED) is 0.585. The van der Waals surface area contributed by atoms with Crippen LogP contribution >= 0.6 is 0 Å². The standard InChI is InChI=1S/C8H9N3O4/c1-10(2)7-6(11(14)15)3-5(4-9-7)8(12)13/h3-4H,1-2H3,(H,12,13). The van der Waals surface area contributed by atoms with Crippen LogP contribution in [0.15, 0.2) is 12.3 Å². The number of carbonyl (C=O) groups is 1. The molecule has 0 saturated heterocycles. The Morgan fingerprint density at radius 3 is 2.60 bits per heavy atom. The van der Waals surface area contributed by atoms with Crippen LogP contribution in [0.3, 0.4) is 0 Å². The molecule has 1 aromatic heterocycles. The van der Waals surface area contributed by atoms with Gasteiger partial charge in [0, 0.05) is 26.4 Å². The fourth-order valence-electron chi connectivity index (χ4n) is 1.04. The topological polar surface area (TPSA) is 96.6 Å². The highest BCUT2D eigenvalue weighted by Gasteiger charge is 2.19. The number of aromatic carboxylic acids is 1. The van der Waals surface area contributed by atoms with E-state index in [0.29, 0.717) is 0 Å². The van der Waals surface area contributed by atoms with Crippen LogP contribution in [-0.4, -0.2) is 35.1 Å². The van der Waals surface area contributed by atoms with Crippen LogP contribution in [0.4, 0.5) is 11.5 Å². The maximum absolute atomic E-state index is 10.6. The molecule has 0 radical (unpaired) electrons. The van der Waals surface area contributed by atoms with Crippen LogP contribution in [0, 0.1) is 10.1 Å². The number of hydrogen-bond donors (Lipinski definition) is 1. The van der Waals surface area contributed by atoms with Crippen molar-refractivity contribution in [1.29, 1.82) is 0 Å². The second-order valence-corrected chi connectivity index (χ2v) is 3.02. The van der Waals surface area contributed by atoms with Crippen molar-refractivity contribution in [3.63, 3.8) is 0 Å². The van der Waals surface area contributed by atoms with E-state index in [2.05, 4.69) is 4.98 Å². The Hall–Kier alpha value is -2.18. The molecule has 0 aliphatic heterocycles. The van der Waals surface area contributed by atoms with Gasteiger partial charge in [-0.15, -0.1) is 0 Å². The van der Waals surface area contributed by atoms with E-state index >= 15 is 0 Å². The van der Waals surface area contributed by atoms with Gasteiger partial charge in [0.15, 0.2) is 0 Å². The van der Waals surface area contributed by atoms with Crippen molar-refractivity contribution >= 4 is 17.5 Å². The summed E-state index contributed by atoms with van der Waals surface area (Å²) < 4.78 is 0. The van der Waals surface area contributed by atoms with E-state index in [1.54, 1.807) is 14.1 Å². The lowest BCUT2D eigenvalue weighted by molar-refractivity contribution is -0.384. The zero-order chi connectivity index (χ0) is 11.6. The maximum atomic E-state index is 10.6. The van der Waals surface area contributed by atoms with Crippen LogP contribution in [0.1, 0.15) is 10.4 Å². The molecule has 0 bridgehead atoms. The number of carboxylic acids is 1. The highest BCUT2D eigenvalue weighted by Crippen LogP contribution is 2.24. The largest absolute Gasteiger partial charge is 0.478 e. The molecule has 1 heterocycles. The average Bonchev–Trinajstić information content (AvgIpc) is 2.16. The third-order valence-electron chi connectivity index (χ3n) is 1.71. The first-order valence-corrected chi connectivity index (χ1v) is 3.98. The SMILES string of the molecule is CN(C)c1ncc(C(=O)O)cc1[N+](=O)[O-]. The molecule has 0 aliphatic carbocycles. The summed E-state index contributed by atoms with van der Waals surface area (Å²) in [5, 5.41) is 19.3. The summed E-state index contributed by atoms with van der Waals surface area (Å²) in [5.74, 6) is -1.11. The summed E-state index contributed by atoms with van der Waals surface area (Å²) >= 11 is 0. The summed E-state index contributed by atoms with van der Waals surface area (Å²) in [5.41, 5.74) is -0.521. The number of hydrogen-bond acceptors (Lipinski definition) is 5. The predicted molar refractivity (Wildman–Crippen MR) is 52.2 cm³/mol. The summed E-state index contributed by atoms with van der Waals surface area (Å²) in [7, 11) is 3.19. The smallest absolute Gasteiger partial charge is 0.337 e. The van der Waals surface area contributed by atoms with Crippen molar-refractivity contribution in [3.8, 4) is 0 Å². The Bertz CT molecular complexity index is 416. The zero-order valence-electron chi connectivity index (χ0n) is 8.17. The van der Waals surface area contributed by atoms with E-state index < -0.39 is 10.9 Å². The van der Waals surface area contributed by atoms with Gasteiger partial charge in [0.05, 0.1) is 10.5 Å². The van der Waals surface area contributed by atoms with Gasteiger partial charge in [-0.1, -0.05) is 0 Å². The van der Waals surface area contributed by atoms with Gasteiger partial charge in [-0.3, -0.25) is 10.1 Å². The molecule has 7 nitrogen and oxygen atoms in total. The number of carboxylic acid groups (broad SMARTS) is 1. The van der Waals surface area contributed by atoms with E-state index in [0.717, 1.165) is 12.3 Å². The van der Waals surface area contributed by atoms with Gasteiger partial charge in [0.25, 0.3) is 0 Å². The van der Waals surface area contributed by atoms with Gasteiger partial charge < -0.3 is 10.0 Å². The molecular weight excluding hydrogens is 202 g/mol. The molecule has 0 unspecified atom stereocenters. The van der Waals surface area contributed by atoms with Crippen molar-refractivity contribution in [2.24, 2.45) is 0 Å². The Labute approximate surface area is 85.1 Å². The first-order chi connectivity index (χ1) is 6.93. The van der Waals surface area contributed by atoms with Crippen molar-refractivity contribution < 1.29 is 14.8 Å². The van der Waals surface area contributed by atoms with Crippen LogP contribution < -0.4 is 4.90 Å². The van der Waals surface area contributed by atoms with E-state index in [9.17, 15) is 14.9 Å². The summed E-state index contributed by atoms with van der Waals surface area (Å²) in [6.45, 7) is 0. The third kappa shape index (κ3) is 2.19. The molecule has 15 heavy (non-hydrogen) atoms. The van der Waals surface area contributed by atoms with E-state index in [1.807, 2.05) is 0 Å². The summed E-state index contributed by atoms with van der Waals surface area (Å²) in [6.07, 6.45) is 1.09. The molecule has 0 aromatic carbocycles. The van der Waals surface area contributed by atoms with Gasteiger partial charge in [-0.25, -0.2) is 9.78 Å². The number of aromatic nitrogens is 1. The molecule has 1 aromatic rings. The lowest BCUT2D eigenvalue weighted by Crippen LogP contribution is -2.14. The van der Waals surface area contributed by atoms with Crippen LogP contribution in [-0.2, 0) is 0 Å². The monoisotopic (exact) mass is 211 g/mol. The minimum atomic E-state index is -1.24. The minimum Gasteiger partial charge on any atom is -0.478 e. The van der Waals surface area contributed by atoms with Crippen LogP contribution in [0.25, 0.3) is 0 Å². The molecule has 0 fully saturated rings. The Kier molecular flexibility index (Phi) is 2.84. The van der Waals surface area contributed by atoms with E-state index in [1.165, 1.54) is 4.90 Å². The predicted octanol–water partition coefficient (Wildman–Crippen LogP) is 0.754. The average molecular weight is 211 g/mol. The second-order valence-electron chi connectivity index (χ2n) is 3.02. The Morgan fingerprint density at radius 1 is 1.60 bits per heavy atom. The van der Waals surface area contributed by atoms with Crippen molar-refractivity contribution in [2.45, 2.75) is 0 Å². The summed E-state index contributed by atoms with van der Waals surface area (Å²) in [6, 6.07) is 0.991. The first-order valence-electron chi connectivity index (χ1n) is 3.98. The molecule has 0 saturated carbocycles. The number of nitro groups is 1. The third-order valence-corrected chi connectivity index (χ3v) is 1.71. The molecule has 0 spiro atoms. The zero-order valence-corrected chi connectivity index (χ0v) is 8.17. The number of nitrogens with zero attached hydrogens (tertiary/aromatic N) is 3. The van der Waals surface area contributed by atoms with E-state index in [-0.39, 0.29) is 17.1 Å². The molecule has 7 heteroatoms. The first kappa shape index (κ1) is 10.9. The molecule has 0 atom stereocenters. The highest BCUT2D eigenvalue weighted by molar-refractivity contribution is 5.88. The highest BCUT2D eigenvalue weighted by atomic mass is 16.6. The second kappa shape index (κ2) is 3.91. The van der Waals surface area contributed by atoms with Gasteiger partial charge in [-0.05, 0) is 0 Å². The normalized spacial score (nSPS) is 9.73. The van der Waals surface area contributed by atoms with Gasteiger partial charge in [0.2, 0.25) is 5.82 Å². The molecular formula is C8H9N3O4.